The van der Waals surface area contributed by atoms with E-state index in [1.165, 1.54) is 11.8 Å². The summed E-state index contributed by atoms with van der Waals surface area (Å²) in [7, 11) is 0. The highest BCUT2D eigenvalue weighted by molar-refractivity contribution is 7.98. The third-order valence-electron chi connectivity index (χ3n) is 3.32. The number of rotatable bonds is 5. The first-order valence-corrected chi connectivity index (χ1v) is 9.59. The van der Waals surface area contributed by atoms with Crippen LogP contribution in [0.3, 0.4) is 0 Å². The lowest BCUT2D eigenvalue weighted by molar-refractivity contribution is 0.465. The molecule has 0 aliphatic rings. The molecule has 0 aliphatic heterocycles. The monoisotopic (exact) mass is 386 g/mol. The first kappa shape index (κ1) is 16.3. The summed E-state index contributed by atoms with van der Waals surface area (Å²) in [5.41, 5.74) is 2.89. The van der Waals surface area contributed by atoms with Gasteiger partial charge in [-0.1, -0.05) is 35.5 Å². The largest absolute Gasteiger partial charge is 0.411 e. The van der Waals surface area contributed by atoms with Gasteiger partial charge in [-0.25, -0.2) is 4.98 Å². The average molecular weight is 387 g/mol. The van der Waals surface area contributed by atoms with Crippen molar-refractivity contribution in [1.29, 1.82) is 0 Å². The lowest BCUT2D eigenvalue weighted by Crippen LogP contribution is -1.82. The highest BCUT2D eigenvalue weighted by Gasteiger charge is 2.11. The van der Waals surface area contributed by atoms with Gasteiger partial charge < -0.3 is 4.42 Å². The van der Waals surface area contributed by atoms with Crippen molar-refractivity contribution >= 4 is 34.7 Å². The van der Waals surface area contributed by atoms with Crippen LogP contribution in [0.25, 0.3) is 22.0 Å². The number of thioether (sulfide) groups is 1. The van der Waals surface area contributed by atoms with E-state index in [0.29, 0.717) is 16.9 Å². The number of hydrogen-bond donors (Lipinski definition) is 0. The van der Waals surface area contributed by atoms with E-state index in [0.717, 1.165) is 26.9 Å². The summed E-state index contributed by atoms with van der Waals surface area (Å²) in [4.78, 5) is 8.62. The number of hydrogen-bond acceptors (Lipinski definition) is 7. The molecule has 1 aromatic carbocycles. The predicted octanol–water partition coefficient (Wildman–Crippen LogP) is 5.20. The molecule has 0 atom stereocenters. The number of aromatic nitrogens is 4. The molecule has 124 valence electrons. The molecule has 0 saturated heterocycles. The van der Waals surface area contributed by atoms with Crippen LogP contribution in [0.4, 0.5) is 0 Å². The molecule has 0 radical (unpaired) electrons. The summed E-state index contributed by atoms with van der Waals surface area (Å²) in [5.74, 6) is 1.16. The Labute approximate surface area is 157 Å². The molecule has 0 unspecified atom stereocenters. The minimum Gasteiger partial charge on any atom is -0.411 e. The van der Waals surface area contributed by atoms with E-state index in [2.05, 4.69) is 20.2 Å². The molecule has 0 spiro atoms. The zero-order valence-corrected chi connectivity index (χ0v) is 15.2. The number of nitrogens with zero attached hydrogens (tertiary/aromatic N) is 4. The smallest absolute Gasteiger partial charge is 0.277 e. The van der Waals surface area contributed by atoms with Crippen molar-refractivity contribution in [2.75, 3.05) is 0 Å². The van der Waals surface area contributed by atoms with Crippen LogP contribution >= 0.6 is 34.7 Å². The molecule has 3 aromatic heterocycles. The van der Waals surface area contributed by atoms with E-state index in [-0.39, 0.29) is 0 Å². The molecule has 0 saturated carbocycles. The Morgan fingerprint density at radius 2 is 1.80 bits per heavy atom. The van der Waals surface area contributed by atoms with Gasteiger partial charge in [0.25, 0.3) is 5.22 Å². The number of thiazole rings is 1. The first-order chi connectivity index (χ1) is 12.3. The molecule has 5 nitrogen and oxygen atoms in total. The van der Waals surface area contributed by atoms with E-state index in [4.69, 9.17) is 16.0 Å². The first-order valence-electron chi connectivity index (χ1n) is 7.35. The van der Waals surface area contributed by atoms with Gasteiger partial charge in [-0.05, 0) is 24.3 Å². The second-order valence-electron chi connectivity index (χ2n) is 5.05. The molecule has 0 aliphatic carbocycles. The highest BCUT2D eigenvalue weighted by Crippen LogP contribution is 2.29. The van der Waals surface area contributed by atoms with Gasteiger partial charge in [-0.3, -0.25) is 4.98 Å². The zero-order chi connectivity index (χ0) is 17.1. The van der Waals surface area contributed by atoms with E-state index in [9.17, 15) is 0 Å². The van der Waals surface area contributed by atoms with Gasteiger partial charge in [0, 0.05) is 39.7 Å². The Kier molecular flexibility index (Phi) is 4.78. The molecular formula is C17H11ClN4OS2. The Bertz CT molecular complexity index is 970. The quantitative estimate of drug-likeness (QED) is 0.439. The Balaban J connectivity index is 1.42. The molecule has 0 N–H and O–H groups in total. The highest BCUT2D eigenvalue weighted by atomic mass is 35.5. The maximum absolute atomic E-state index is 5.92. The average Bonchev–Trinajstić information content (AvgIpc) is 3.31. The fourth-order valence-corrected chi connectivity index (χ4v) is 3.83. The lowest BCUT2D eigenvalue weighted by atomic mass is 10.2. The van der Waals surface area contributed by atoms with Gasteiger partial charge in [0.1, 0.15) is 5.01 Å². The normalized spacial score (nSPS) is 10.9. The number of halogens is 1. The molecule has 8 heteroatoms. The fourth-order valence-electron chi connectivity index (χ4n) is 2.11. The van der Waals surface area contributed by atoms with Crippen LogP contribution in [-0.4, -0.2) is 20.2 Å². The minimum atomic E-state index is 0.491. The van der Waals surface area contributed by atoms with Crippen LogP contribution < -0.4 is 0 Å². The third-order valence-corrected chi connectivity index (χ3v) is 5.36. The Hall–Kier alpha value is -2.22. The van der Waals surface area contributed by atoms with Gasteiger partial charge in [-0.2, -0.15) is 0 Å². The van der Waals surface area contributed by atoms with Crippen LogP contribution in [0, 0.1) is 0 Å². The molecule has 4 aromatic rings. The van der Waals surface area contributed by atoms with Crippen molar-refractivity contribution in [3.63, 3.8) is 0 Å². The predicted molar refractivity (Wildman–Crippen MR) is 99.6 cm³/mol. The maximum Gasteiger partial charge on any atom is 0.277 e. The molecule has 3 heterocycles. The van der Waals surface area contributed by atoms with Crippen molar-refractivity contribution in [3.05, 3.63) is 64.9 Å². The SMILES string of the molecule is Clc1ccc(-c2nc(CSc3nnc(-c4ccncc4)o3)cs2)cc1. The Morgan fingerprint density at radius 3 is 2.60 bits per heavy atom. The number of pyridine rings is 1. The summed E-state index contributed by atoms with van der Waals surface area (Å²) >= 11 is 8.99. The van der Waals surface area contributed by atoms with E-state index in [1.54, 1.807) is 23.7 Å². The van der Waals surface area contributed by atoms with E-state index in [1.807, 2.05) is 41.8 Å². The molecule has 0 fully saturated rings. The van der Waals surface area contributed by atoms with Gasteiger partial charge in [0.2, 0.25) is 5.89 Å². The summed E-state index contributed by atoms with van der Waals surface area (Å²) in [6.07, 6.45) is 3.39. The van der Waals surface area contributed by atoms with Gasteiger partial charge in [0.15, 0.2) is 0 Å². The summed E-state index contributed by atoms with van der Waals surface area (Å²) in [5, 5.41) is 12.4. The van der Waals surface area contributed by atoms with Crippen LogP contribution in [0.15, 0.2) is 63.8 Å². The lowest BCUT2D eigenvalue weighted by Gasteiger charge is -1.96. The second kappa shape index (κ2) is 7.35. The van der Waals surface area contributed by atoms with Crippen molar-refractivity contribution in [1.82, 2.24) is 20.2 Å². The van der Waals surface area contributed by atoms with E-state index < -0.39 is 0 Å². The standard InChI is InChI=1S/C17H11ClN4OS2/c18-13-3-1-12(2-4-13)16-20-14(9-24-16)10-25-17-22-21-15(23-17)11-5-7-19-8-6-11/h1-9H,10H2. The van der Waals surface area contributed by atoms with E-state index >= 15 is 0 Å². The molecule has 25 heavy (non-hydrogen) atoms. The van der Waals surface area contributed by atoms with Crippen LogP contribution in [0.5, 0.6) is 0 Å². The zero-order valence-electron chi connectivity index (χ0n) is 12.8. The van der Waals surface area contributed by atoms with Crippen LogP contribution in [-0.2, 0) is 5.75 Å². The van der Waals surface area contributed by atoms with Crippen molar-refractivity contribution in [2.45, 2.75) is 11.0 Å². The fraction of sp³-hybridized carbons (Fsp3) is 0.0588. The third kappa shape index (κ3) is 3.89. The van der Waals surface area contributed by atoms with Gasteiger partial charge >= 0.3 is 0 Å². The topological polar surface area (TPSA) is 64.7 Å². The molecule has 0 amide bonds. The van der Waals surface area contributed by atoms with Crippen molar-refractivity contribution < 1.29 is 4.42 Å². The van der Waals surface area contributed by atoms with Crippen LogP contribution in [0.2, 0.25) is 5.02 Å². The Morgan fingerprint density at radius 1 is 1.00 bits per heavy atom. The summed E-state index contributed by atoms with van der Waals surface area (Å²) in [6.45, 7) is 0. The van der Waals surface area contributed by atoms with Gasteiger partial charge in [-0.15, -0.1) is 21.5 Å². The maximum atomic E-state index is 5.92. The van der Waals surface area contributed by atoms with Crippen molar-refractivity contribution in [2.24, 2.45) is 0 Å². The van der Waals surface area contributed by atoms with Crippen LogP contribution in [0.1, 0.15) is 5.69 Å². The second-order valence-corrected chi connectivity index (χ2v) is 7.27. The molecular weight excluding hydrogens is 376 g/mol. The summed E-state index contributed by atoms with van der Waals surface area (Å²) < 4.78 is 5.67. The van der Waals surface area contributed by atoms with Crippen molar-refractivity contribution in [3.8, 4) is 22.0 Å². The minimum absolute atomic E-state index is 0.491. The molecule has 0 bridgehead atoms. The molecule has 4 rings (SSSR count). The van der Waals surface area contributed by atoms with Gasteiger partial charge in [0.05, 0.1) is 5.69 Å². The number of benzene rings is 1. The summed E-state index contributed by atoms with van der Waals surface area (Å²) in [6, 6.07) is 11.3.